The largest absolute Gasteiger partial charge is 0.390 e. The predicted molar refractivity (Wildman–Crippen MR) is 69.9 cm³/mol. The molecule has 3 rings (SSSR count). The molecule has 2 heteroatoms. The standard InChI is InChI=1S/C15H27NO/c1-15(17)10-12-8-9-13(16-12)14(15)11-6-4-2-3-5-7-11/h11-14,16-17H,2-10H2,1H3. The fourth-order valence-electron chi connectivity index (χ4n) is 4.87. The molecule has 2 nitrogen and oxygen atoms in total. The third-order valence-corrected chi connectivity index (χ3v) is 5.49. The lowest BCUT2D eigenvalue weighted by atomic mass is 9.69. The van der Waals surface area contributed by atoms with E-state index in [-0.39, 0.29) is 0 Å². The number of hydrogen-bond acceptors (Lipinski definition) is 2. The summed E-state index contributed by atoms with van der Waals surface area (Å²) in [5, 5.41) is 14.6. The van der Waals surface area contributed by atoms with Crippen LogP contribution in [-0.4, -0.2) is 22.8 Å². The van der Waals surface area contributed by atoms with E-state index in [2.05, 4.69) is 12.2 Å². The number of piperidine rings is 1. The molecule has 4 atom stereocenters. The van der Waals surface area contributed by atoms with Crippen LogP contribution in [0.5, 0.6) is 0 Å². The van der Waals surface area contributed by atoms with Gasteiger partial charge in [-0.15, -0.1) is 0 Å². The van der Waals surface area contributed by atoms with Crippen LogP contribution < -0.4 is 5.32 Å². The first-order valence-corrected chi connectivity index (χ1v) is 7.65. The predicted octanol–water partition coefficient (Wildman–Crippen LogP) is 2.85. The monoisotopic (exact) mass is 237 g/mol. The smallest absolute Gasteiger partial charge is 0.0680 e. The minimum absolute atomic E-state index is 0.411. The Hall–Kier alpha value is -0.0800. The van der Waals surface area contributed by atoms with Gasteiger partial charge in [0.2, 0.25) is 0 Å². The van der Waals surface area contributed by atoms with E-state index in [1.54, 1.807) is 0 Å². The summed E-state index contributed by atoms with van der Waals surface area (Å²) in [6, 6.07) is 1.20. The van der Waals surface area contributed by atoms with Crippen molar-refractivity contribution < 1.29 is 5.11 Å². The number of hydrogen-bond donors (Lipinski definition) is 2. The fraction of sp³-hybridized carbons (Fsp3) is 1.00. The van der Waals surface area contributed by atoms with E-state index in [9.17, 15) is 5.11 Å². The molecule has 2 bridgehead atoms. The van der Waals surface area contributed by atoms with Crippen LogP contribution in [0.2, 0.25) is 0 Å². The lowest BCUT2D eigenvalue weighted by Crippen LogP contribution is -2.57. The van der Waals surface area contributed by atoms with Gasteiger partial charge in [0, 0.05) is 18.0 Å². The van der Waals surface area contributed by atoms with Crippen molar-refractivity contribution in [3.8, 4) is 0 Å². The minimum Gasteiger partial charge on any atom is -0.390 e. The molecule has 0 aromatic rings. The Bertz CT molecular complexity index is 268. The lowest BCUT2D eigenvalue weighted by molar-refractivity contribution is -0.0709. The average molecular weight is 237 g/mol. The number of fused-ring (bicyclic) bond motifs is 2. The zero-order valence-electron chi connectivity index (χ0n) is 11.1. The van der Waals surface area contributed by atoms with Crippen molar-refractivity contribution in [3.63, 3.8) is 0 Å². The SMILES string of the molecule is CC1(O)CC2CCC(N2)C1C1CCCCCC1. The Balaban J connectivity index is 1.78. The Morgan fingerprint density at radius 1 is 1.00 bits per heavy atom. The molecule has 0 amide bonds. The van der Waals surface area contributed by atoms with Crippen LogP contribution in [-0.2, 0) is 0 Å². The zero-order valence-corrected chi connectivity index (χ0v) is 11.1. The van der Waals surface area contributed by atoms with Crippen LogP contribution in [0.15, 0.2) is 0 Å². The maximum atomic E-state index is 10.8. The molecule has 1 saturated carbocycles. The van der Waals surface area contributed by atoms with Crippen molar-refractivity contribution in [2.45, 2.75) is 82.4 Å². The molecule has 0 aromatic heterocycles. The molecule has 0 spiro atoms. The summed E-state index contributed by atoms with van der Waals surface area (Å²) in [5.41, 5.74) is -0.411. The van der Waals surface area contributed by atoms with Crippen molar-refractivity contribution in [1.82, 2.24) is 5.32 Å². The van der Waals surface area contributed by atoms with Crippen molar-refractivity contribution in [1.29, 1.82) is 0 Å². The van der Waals surface area contributed by atoms with Crippen LogP contribution in [0.1, 0.15) is 64.7 Å². The highest BCUT2D eigenvalue weighted by atomic mass is 16.3. The normalized spacial score (nSPS) is 48.0. The lowest BCUT2D eigenvalue weighted by Gasteiger charge is -2.46. The molecule has 1 aliphatic carbocycles. The number of aliphatic hydroxyl groups is 1. The van der Waals surface area contributed by atoms with Crippen LogP contribution in [0.4, 0.5) is 0 Å². The van der Waals surface area contributed by atoms with Crippen LogP contribution in [0.25, 0.3) is 0 Å². The van der Waals surface area contributed by atoms with Gasteiger partial charge < -0.3 is 10.4 Å². The second-order valence-corrected chi connectivity index (χ2v) is 6.89. The molecule has 3 fully saturated rings. The second-order valence-electron chi connectivity index (χ2n) is 6.89. The van der Waals surface area contributed by atoms with Crippen molar-refractivity contribution in [2.75, 3.05) is 0 Å². The van der Waals surface area contributed by atoms with Gasteiger partial charge in [-0.2, -0.15) is 0 Å². The molecular weight excluding hydrogens is 210 g/mol. The van der Waals surface area contributed by atoms with Crippen molar-refractivity contribution in [2.24, 2.45) is 11.8 Å². The summed E-state index contributed by atoms with van der Waals surface area (Å²) in [4.78, 5) is 0. The zero-order chi connectivity index (χ0) is 11.9. The number of nitrogens with one attached hydrogen (secondary N) is 1. The van der Waals surface area contributed by atoms with Crippen molar-refractivity contribution in [3.05, 3.63) is 0 Å². The molecule has 2 N–H and O–H groups in total. The molecule has 2 heterocycles. The first-order valence-electron chi connectivity index (χ1n) is 7.65. The van der Waals surface area contributed by atoms with Gasteiger partial charge in [-0.3, -0.25) is 0 Å². The maximum Gasteiger partial charge on any atom is 0.0680 e. The van der Waals surface area contributed by atoms with Gasteiger partial charge in [0.1, 0.15) is 0 Å². The maximum absolute atomic E-state index is 10.8. The molecule has 0 aromatic carbocycles. The van der Waals surface area contributed by atoms with Gasteiger partial charge in [-0.25, -0.2) is 0 Å². The van der Waals surface area contributed by atoms with Gasteiger partial charge in [0.25, 0.3) is 0 Å². The minimum atomic E-state index is -0.411. The summed E-state index contributed by atoms with van der Waals surface area (Å²) in [5.74, 6) is 1.28. The Labute approximate surface area is 105 Å². The first kappa shape index (κ1) is 12.0. The highest BCUT2D eigenvalue weighted by Gasteiger charge is 2.50. The van der Waals surface area contributed by atoms with Crippen molar-refractivity contribution >= 4 is 0 Å². The molecular formula is C15H27NO. The summed E-state index contributed by atoms with van der Waals surface area (Å²) < 4.78 is 0. The summed E-state index contributed by atoms with van der Waals surface area (Å²) in [6.07, 6.45) is 11.8. The van der Waals surface area contributed by atoms with E-state index in [1.807, 2.05) is 0 Å². The van der Waals surface area contributed by atoms with Crippen LogP contribution in [0, 0.1) is 11.8 Å². The van der Waals surface area contributed by atoms with Gasteiger partial charge in [0.05, 0.1) is 5.60 Å². The molecule has 2 aliphatic heterocycles. The summed E-state index contributed by atoms with van der Waals surface area (Å²) in [7, 11) is 0. The quantitative estimate of drug-likeness (QED) is 0.687. The molecule has 17 heavy (non-hydrogen) atoms. The molecule has 98 valence electrons. The average Bonchev–Trinajstić information content (AvgIpc) is 2.50. The van der Waals surface area contributed by atoms with Gasteiger partial charge >= 0.3 is 0 Å². The van der Waals surface area contributed by atoms with E-state index < -0.39 is 5.60 Å². The molecule has 4 unspecified atom stereocenters. The third-order valence-electron chi connectivity index (χ3n) is 5.49. The van der Waals surface area contributed by atoms with E-state index in [4.69, 9.17) is 0 Å². The Kier molecular flexibility index (Phi) is 3.20. The van der Waals surface area contributed by atoms with Crippen LogP contribution in [0.3, 0.4) is 0 Å². The summed E-state index contributed by atoms with van der Waals surface area (Å²) in [6.45, 7) is 2.11. The topological polar surface area (TPSA) is 32.3 Å². The molecule has 2 saturated heterocycles. The fourth-order valence-corrected chi connectivity index (χ4v) is 4.87. The first-order chi connectivity index (χ1) is 8.17. The molecule has 0 radical (unpaired) electrons. The van der Waals surface area contributed by atoms with Gasteiger partial charge in [0.15, 0.2) is 0 Å². The van der Waals surface area contributed by atoms with E-state index >= 15 is 0 Å². The highest BCUT2D eigenvalue weighted by Crippen LogP contribution is 2.45. The van der Waals surface area contributed by atoms with E-state index in [0.29, 0.717) is 18.0 Å². The van der Waals surface area contributed by atoms with E-state index in [1.165, 1.54) is 51.4 Å². The Morgan fingerprint density at radius 3 is 2.41 bits per heavy atom. The third kappa shape index (κ3) is 2.26. The molecule has 3 aliphatic rings. The van der Waals surface area contributed by atoms with E-state index in [0.717, 1.165) is 12.3 Å². The second kappa shape index (κ2) is 4.55. The highest BCUT2D eigenvalue weighted by molar-refractivity contribution is 5.05. The van der Waals surface area contributed by atoms with Crippen LogP contribution >= 0.6 is 0 Å². The van der Waals surface area contributed by atoms with Gasteiger partial charge in [-0.05, 0) is 32.1 Å². The summed E-state index contributed by atoms with van der Waals surface area (Å²) >= 11 is 0. The van der Waals surface area contributed by atoms with Gasteiger partial charge in [-0.1, -0.05) is 38.5 Å². The number of rotatable bonds is 1. The Morgan fingerprint density at radius 2 is 1.71 bits per heavy atom.